The molecule has 1 saturated heterocycles. The van der Waals surface area contributed by atoms with Crippen molar-refractivity contribution < 1.29 is 8.42 Å². The predicted octanol–water partition coefficient (Wildman–Crippen LogP) is 2.60. The summed E-state index contributed by atoms with van der Waals surface area (Å²) in [6.45, 7) is 5.61. The van der Waals surface area contributed by atoms with Crippen LogP contribution in [0.2, 0.25) is 0 Å². The molecular formula is C18H25ClN4O2S. The predicted molar refractivity (Wildman–Crippen MR) is 110 cm³/mol. The third-order valence-electron chi connectivity index (χ3n) is 4.29. The van der Waals surface area contributed by atoms with Crippen molar-refractivity contribution in [2.75, 3.05) is 41.5 Å². The maximum atomic E-state index is 12.6. The molecular weight excluding hydrogens is 372 g/mol. The topological polar surface area (TPSA) is 87.5 Å². The molecule has 1 fully saturated rings. The molecule has 1 aliphatic rings. The number of nitrogens with zero attached hydrogens (tertiary/aromatic N) is 1. The first-order valence-electron chi connectivity index (χ1n) is 8.40. The van der Waals surface area contributed by atoms with Crippen LogP contribution >= 0.6 is 12.4 Å². The molecule has 1 aliphatic heterocycles. The molecule has 0 saturated carbocycles. The van der Waals surface area contributed by atoms with Crippen LogP contribution in [-0.2, 0) is 10.0 Å². The van der Waals surface area contributed by atoms with E-state index in [4.69, 9.17) is 5.73 Å². The SMILES string of the molecule is Cc1ccc(NS(=O)(=O)c2ccc(N3CCCNCC3)c(N)c2)cc1.Cl. The zero-order valence-electron chi connectivity index (χ0n) is 14.7. The van der Waals surface area contributed by atoms with Crippen molar-refractivity contribution in [3.8, 4) is 0 Å². The number of sulfonamides is 1. The van der Waals surface area contributed by atoms with Crippen molar-refractivity contribution in [2.24, 2.45) is 0 Å². The molecule has 26 heavy (non-hydrogen) atoms. The average Bonchev–Trinajstić information content (AvgIpc) is 2.86. The highest BCUT2D eigenvalue weighted by molar-refractivity contribution is 7.92. The van der Waals surface area contributed by atoms with Gasteiger partial charge in [-0.3, -0.25) is 4.72 Å². The highest BCUT2D eigenvalue weighted by Gasteiger charge is 2.18. The Morgan fingerprint density at radius 1 is 1.08 bits per heavy atom. The third kappa shape index (κ3) is 4.81. The van der Waals surface area contributed by atoms with Gasteiger partial charge in [0.25, 0.3) is 10.0 Å². The highest BCUT2D eigenvalue weighted by atomic mass is 35.5. The van der Waals surface area contributed by atoms with Gasteiger partial charge < -0.3 is 16.0 Å². The molecule has 0 aromatic heterocycles. The Hall–Kier alpha value is -1.96. The van der Waals surface area contributed by atoms with Crippen LogP contribution in [0.3, 0.4) is 0 Å². The van der Waals surface area contributed by atoms with Gasteiger partial charge in [-0.15, -0.1) is 12.4 Å². The van der Waals surface area contributed by atoms with Gasteiger partial charge in [-0.25, -0.2) is 8.42 Å². The molecule has 6 nitrogen and oxygen atoms in total. The van der Waals surface area contributed by atoms with E-state index in [1.54, 1.807) is 24.3 Å². The Morgan fingerprint density at radius 3 is 2.50 bits per heavy atom. The van der Waals surface area contributed by atoms with Crippen molar-refractivity contribution in [3.63, 3.8) is 0 Å². The molecule has 4 N–H and O–H groups in total. The maximum absolute atomic E-state index is 12.6. The van der Waals surface area contributed by atoms with Gasteiger partial charge in [0.2, 0.25) is 0 Å². The lowest BCUT2D eigenvalue weighted by atomic mass is 10.2. The van der Waals surface area contributed by atoms with E-state index in [1.807, 2.05) is 19.1 Å². The quantitative estimate of drug-likeness (QED) is 0.691. The van der Waals surface area contributed by atoms with Crippen LogP contribution in [0.25, 0.3) is 0 Å². The normalized spacial score (nSPS) is 15.0. The molecule has 0 spiro atoms. The van der Waals surface area contributed by atoms with Gasteiger partial charge in [-0.05, 0) is 50.2 Å². The minimum Gasteiger partial charge on any atom is -0.397 e. The Balaban J connectivity index is 0.00000243. The number of nitrogens with one attached hydrogen (secondary N) is 2. The van der Waals surface area contributed by atoms with Crippen LogP contribution in [-0.4, -0.2) is 34.6 Å². The second-order valence-corrected chi connectivity index (χ2v) is 7.97. The number of anilines is 3. The minimum atomic E-state index is -3.66. The van der Waals surface area contributed by atoms with E-state index in [2.05, 4.69) is 14.9 Å². The Kier molecular flexibility index (Phi) is 6.75. The van der Waals surface area contributed by atoms with Gasteiger partial charge in [0, 0.05) is 25.3 Å². The van der Waals surface area contributed by atoms with E-state index in [0.29, 0.717) is 11.4 Å². The first-order chi connectivity index (χ1) is 12.0. The van der Waals surface area contributed by atoms with Crippen molar-refractivity contribution in [2.45, 2.75) is 18.2 Å². The fourth-order valence-electron chi connectivity index (χ4n) is 2.91. The van der Waals surface area contributed by atoms with Crippen LogP contribution in [0.5, 0.6) is 0 Å². The second-order valence-electron chi connectivity index (χ2n) is 6.28. The molecule has 2 aromatic rings. The summed E-state index contributed by atoms with van der Waals surface area (Å²) in [5.41, 5.74) is 9.13. The van der Waals surface area contributed by atoms with Gasteiger partial charge in [0.05, 0.1) is 16.3 Å². The summed E-state index contributed by atoms with van der Waals surface area (Å²) in [6.07, 6.45) is 1.04. The molecule has 1 heterocycles. The molecule has 3 rings (SSSR count). The number of hydrogen-bond acceptors (Lipinski definition) is 5. The number of nitrogens with two attached hydrogens (primary N) is 1. The summed E-state index contributed by atoms with van der Waals surface area (Å²) in [4.78, 5) is 2.36. The summed E-state index contributed by atoms with van der Waals surface area (Å²) in [7, 11) is -3.66. The smallest absolute Gasteiger partial charge is 0.261 e. The number of aryl methyl sites for hydroxylation is 1. The molecule has 0 bridgehead atoms. The summed E-state index contributed by atoms with van der Waals surface area (Å²) in [6, 6.07) is 12.2. The Labute approximate surface area is 161 Å². The van der Waals surface area contributed by atoms with E-state index >= 15 is 0 Å². The van der Waals surface area contributed by atoms with Crippen LogP contribution in [0.15, 0.2) is 47.4 Å². The average molecular weight is 397 g/mol. The van der Waals surface area contributed by atoms with E-state index in [0.717, 1.165) is 43.9 Å². The van der Waals surface area contributed by atoms with Crippen molar-refractivity contribution in [1.29, 1.82) is 0 Å². The molecule has 8 heteroatoms. The summed E-state index contributed by atoms with van der Waals surface area (Å²) >= 11 is 0. The summed E-state index contributed by atoms with van der Waals surface area (Å²) < 4.78 is 27.8. The first-order valence-corrected chi connectivity index (χ1v) is 9.89. The Morgan fingerprint density at radius 2 is 1.81 bits per heavy atom. The molecule has 0 unspecified atom stereocenters. The van der Waals surface area contributed by atoms with Crippen LogP contribution in [0, 0.1) is 6.92 Å². The van der Waals surface area contributed by atoms with E-state index in [-0.39, 0.29) is 17.3 Å². The zero-order chi connectivity index (χ0) is 17.9. The lowest BCUT2D eigenvalue weighted by Gasteiger charge is -2.24. The molecule has 142 valence electrons. The summed E-state index contributed by atoms with van der Waals surface area (Å²) in [5.74, 6) is 0. The molecule has 0 aliphatic carbocycles. The summed E-state index contributed by atoms with van der Waals surface area (Å²) in [5, 5.41) is 3.34. The van der Waals surface area contributed by atoms with Gasteiger partial charge in [-0.2, -0.15) is 0 Å². The van der Waals surface area contributed by atoms with Crippen molar-refractivity contribution in [1.82, 2.24) is 5.32 Å². The van der Waals surface area contributed by atoms with Crippen molar-refractivity contribution >= 4 is 39.5 Å². The van der Waals surface area contributed by atoms with Gasteiger partial charge in [0.1, 0.15) is 0 Å². The molecule has 0 radical (unpaired) electrons. The van der Waals surface area contributed by atoms with Crippen LogP contribution in [0.4, 0.5) is 17.1 Å². The first kappa shape index (κ1) is 20.4. The monoisotopic (exact) mass is 396 g/mol. The van der Waals surface area contributed by atoms with E-state index in [9.17, 15) is 8.42 Å². The van der Waals surface area contributed by atoms with E-state index < -0.39 is 10.0 Å². The van der Waals surface area contributed by atoms with E-state index in [1.165, 1.54) is 6.07 Å². The van der Waals surface area contributed by atoms with Gasteiger partial charge in [-0.1, -0.05) is 17.7 Å². The second kappa shape index (κ2) is 8.62. The fraction of sp³-hybridized carbons (Fsp3) is 0.333. The van der Waals surface area contributed by atoms with Crippen LogP contribution < -0.4 is 20.7 Å². The molecule has 0 amide bonds. The van der Waals surface area contributed by atoms with Crippen molar-refractivity contribution in [3.05, 3.63) is 48.0 Å². The molecule has 2 aromatic carbocycles. The number of benzene rings is 2. The highest BCUT2D eigenvalue weighted by Crippen LogP contribution is 2.27. The fourth-order valence-corrected chi connectivity index (χ4v) is 4.00. The number of nitrogen functional groups attached to an aromatic ring is 1. The van der Waals surface area contributed by atoms with Crippen LogP contribution in [0.1, 0.15) is 12.0 Å². The third-order valence-corrected chi connectivity index (χ3v) is 5.67. The number of rotatable bonds is 4. The number of halogens is 1. The minimum absolute atomic E-state index is 0. The Bertz CT molecular complexity index is 833. The maximum Gasteiger partial charge on any atom is 0.261 e. The lowest BCUT2D eigenvalue weighted by molar-refractivity contribution is 0.601. The number of hydrogen-bond donors (Lipinski definition) is 3. The van der Waals surface area contributed by atoms with Gasteiger partial charge >= 0.3 is 0 Å². The lowest BCUT2D eigenvalue weighted by Crippen LogP contribution is -2.28. The zero-order valence-corrected chi connectivity index (χ0v) is 16.4. The largest absolute Gasteiger partial charge is 0.397 e. The standard InChI is InChI=1S/C18H24N4O2S.ClH/c1-14-3-5-15(6-4-14)21-25(23,24)16-7-8-18(17(19)13-16)22-11-2-9-20-10-12-22;/h3-8,13,20-21H,2,9-12,19H2,1H3;1H. The van der Waals surface area contributed by atoms with Gasteiger partial charge in [0.15, 0.2) is 0 Å². The molecule has 0 atom stereocenters.